The van der Waals surface area contributed by atoms with Crippen molar-refractivity contribution < 1.29 is 4.79 Å². The molecular formula is C12H20N4O. The predicted octanol–water partition coefficient (Wildman–Crippen LogP) is 1.80. The van der Waals surface area contributed by atoms with Gasteiger partial charge in [0.05, 0.1) is 6.20 Å². The van der Waals surface area contributed by atoms with Crippen LogP contribution in [0.25, 0.3) is 0 Å². The van der Waals surface area contributed by atoms with Crippen LogP contribution >= 0.6 is 0 Å². The number of hydrogen-bond donors (Lipinski definition) is 2. The first-order chi connectivity index (χ1) is 8.27. The fourth-order valence-electron chi connectivity index (χ4n) is 2.11. The van der Waals surface area contributed by atoms with Crippen molar-refractivity contribution in [1.29, 1.82) is 0 Å². The van der Waals surface area contributed by atoms with Crippen molar-refractivity contribution in [2.45, 2.75) is 39.2 Å². The third-order valence-corrected chi connectivity index (χ3v) is 3.26. The van der Waals surface area contributed by atoms with Crippen molar-refractivity contribution in [3.63, 3.8) is 0 Å². The zero-order chi connectivity index (χ0) is 12.1. The number of carbonyl (C=O) groups is 1. The van der Waals surface area contributed by atoms with E-state index in [2.05, 4.69) is 15.5 Å². The minimum absolute atomic E-state index is 0.0486. The first-order valence-electron chi connectivity index (χ1n) is 6.29. The molecule has 17 heavy (non-hydrogen) atoms. The fourth-order valence-corrected chi connectivity index (χ4v) is 2.11. The fraction of sp³-hybridized carbons (Fsp3) is 0.667. The summed E-state index contributed by atoms with van der Waals surface area (Å²) >= 11 is 0. The van der Waals surface area contributed by atoms with Crippen LogP contribution in [0, 0.1) is 6.92 Å². The first-order valence-corrected chi connectivity index (χ1v) is 6.29. The summed E-state index contributed by atoms with van der Waals surface area (Å²) in [5.41, 5.74) is 2.06. The van der Waals surface area contributed by atoms with Crippen LogP contribution in [0.15, 0.2) is 6.20 Å². The molecule has 0 atom stereocenters. The monoisotopic (exact) mass is 236 g/mol. The van der Waals surface area contributed by atoms with Crippen LogP contribution in [0.3, 0.4) is 0 Å². The summed E-state index contributed by atoms with van der Waals surface area (Å²) in [5, 5.41) is 9.75. The predicted molar refractivity (Wildman–Crippen MR) is 65.6 cm³/mol. The van der Waals surface area contributed by atoms with E-state index in [4.69, 9.17) is 0 Å². The molecule has 5 nitrogen and oxygen atoms in total. The number of likely N-dealkylation sites (tertiary alicyclic amines) is 1. The highest BCUT2D eigenvalue weighted by Gasteiger charge is 2.15. The number of nitrogens with one attached hydrogen (secondary N) is 2. The van der Waals surface area contributed by atoms with Crippen LogP contribution < -0.4 is 5.32 Å². The topological polar surface area (TPSA) is 61.0 Å². The maximum absolute atomic E-state index is 11.9. The standard InChI is InChI=1S/C12H20N4O/c1-10-11(9-14-15-10)8-13-12(17)16-6-4-2-3-5-7-16/h9H,2-8H2,1H3,(H,13,17)(H,14,15). The quantitative estimate of drug-likeness (QED) is 0.822. The molecular weight excluding hydrogens is 216 g/mol. The molecule has 0 unspecified atom stereocenters. The lowest BCUT2D eigenvalue weighted by atomic mass is 10.2. The summed E-state index contributed by atoms with van der Waals surface area (Å²) in [6.07, 6.45) is 6.49. The van der Waals surface area contributed by atoms with Gasteiger partial charge in [-0.2, -0.15) is 5.10 Å². The van der Waals surface area contributed by atoms with Crippen LogP contribution in [-0.4, -0.2) is 34.2 Å². The number of rotatable bonds is 2. The van der Waals surface area contributed by atoms with E-state index in [1.165, 1.54) is 12.8 Å². The first kappa shape index (κ1) is 12.0. The number of aromatic amines is 1. The highest BCUT2D eigenvalue weighted by atomic mass is 16.2. The van der Waals surface area contributed by atoms with Gasteiger partial charge in [0.1, 0.15) is 0 Å². The Morgan fingerprint density at radius 1 is 1.41 bits per heavy atom. The van der Waals surface area contributed by atoms with Gasteiger partial charge in [0.2, 0.25) is 0 Å². The lowest BCUT2D eigenvalue weighted by molar-refractivity contribution is 0.199. The van der Waals surface area contributed by atoms with Gasteiger partial charge >= 0.3 is 6.03 Å². The summed E-state index contributed by atoms with van der Waals surface area (Å²) in [5.74, 6) is 0. The van der Waals surface area contributed by atoms with E-state index in [9.17, 15) is 4.79 Å². The highest BCUT2D eigenvalue weighted by Crippen LogP contribution is 2.10. The van der Waals surface area contributed by atoms with Crippen molar-refractivity contribution in [2.75, 3.05) is 13.1 Å². The van der Waals surface area contributed by atoms with E-state index >= 15 is 0 Å². The van der Waals surface area contributed by atoms with Gasteiger partial charge in [-0.25, -0.2) is 4.79 Å². The molecule has 1 aliphatic heterocycles. The summed E-state index contributed by atoms with van der Waals surface area (Å²) < 4.78 is 0. The Kier molecular flexibility index (Phi) is 4.01. The largest absolute Gasteiger partial charge is 0.334 e. The molecule has 1 fully saturated rings. The van der Waals surface area contributed by atoms with Gasteiger partial charge in [0.15, 0.2) is 0 Å². The number of aromatic nitrogens is 2. The van der Waals surface area contributed by atoms with E-state index < -0.39 is 0 Å². The van der Waals surface area contributed by atoms with E-state index in [1.54, 1.807) is 6.20 Å². The van der Waals surface area contributed by atoms with Gasteiger partial charge in [-0.1, -0.05) is 12.8 Å². The number of aryl methyl sites for hydroxylation is 1. The maximum Gasteiger partial charge on any atom is 0.317 e. The summed E-state index contributed by atoms with van der Waals surface area (Å²) in [6.45, 7) is 4.28. The zero-order valence-electron chi connectivity index (χ0n) is 10.3. The van der Waals surface area contributed by atoms with Crippen molar-refractivity contribution >= 4 is 6.03 Å². The molecule has 5 heteroatoms. The van der Waals surface area contributed by atoms with Gasteiger partial charge in [0, 0.05) is 30.9 Å². The van der Waals surface area contributed by atoms with Crippen LogP contribution in [0.4, 0.5) is 4.79 Å². The molecule has 1 aromatic rings. The van der Waals surface area contributed by atoms with Crippen LogP contribution in [0.5, 0.6) is 0 Å². The van der Waals surface area contributed by atoms with Crippen molar-refractivity contribution in [3.8, 4) is 0 Å². The Morgan fingerprint density at radius 3 is 2.71 bits per heavy atom. The van der Waals surface area contributed by atoms with Crippen LogP contribution in [0.1, 0.15) is 36.9 Å². The van der Waals surface area contributed by atoms with Gasteiger partial charge < -0.3 is 10.2 Å². The minimum atomic E-state index is 0.0486. The molecule has 0 saturated carbocycles. The average molecular weight is 236 g/mol. The van der Waals surface area contributed by atoms with E-state index in [-0.39, 0.29) is 6.03 Å². The number of H-pyrrole nitrogens is 1. The average Bonchev–Trinajstić information content (AvgIpc) is 2.58. The van der Waals surface area contributed by atoms with Crippen molar-refractivity contribution in [1.82, 2.24) is 20.4 Å². The third kappa shape index (κ3) is 3.22. The smallest absolute Gasteiger partial charge is 0.317 e. The second-order valence-corrected chi connectivity index (χ2v) is 4.58. The summed E-state index contributed by atoms with van der Waals surface area (Å²) in [6, 6.07) is 0.0486. The molecule has 0 aliphatic carbocycles. The molecule has 94 valence electrons. The second-order valence-electron chi connectivity index (χ2n) is 4.58. The maximum atomic E-state index is 11.9. The molecule has 0 spiro atoms. The van der Waals surface area contributed by atoms with E-state index in [0.29, 0.717) is 6.54 Å². The Hall–Kier alpha value is -1.52. The molecule has 2 heterocycles. The Morgan fingerprint density at radius 2 is 2.12 bits per heavy atom. The van der Waals surface area contributed by atoms with E-state index in [1.807, 2.05) is 11.8 Å². The number of amides is 2. The van der Waals surface area contributed by atoms with Gasteiger partial charge in [-0.05, 0) is 19.8 Å². The number of urea groups is 1. The second kappa shape index (κ2) is 5.70. The van der Waals surface area contributed by atoms with Crippen molar-refractivity contribution in [2.24, 2.45) is 0 Å². The zero-order valence-corrected chi connectivity index (χ0v) is 10.3. The third-order valence-electron chi connectivity index (χ3n) is 3.26. The Balaban J connectivity index is 1.82. The lowest BCUT2D eigenvalue weighted by Crippen LogP contribution is -2.40. The summed E-state index contributed by atoms with van der Waals surface area (Å²) in [7, 11) is 0. The molecule has 0 bridgehead atoms. The highest BCUT2D eigenvalue weighted by molar-refractivity contribution is 5.74. The molecule has 1 aromatic heterocycles. The van der Waals surface area contributed by atoms with Crippen LogP contribution in [0.2, 0.25) is 0 Å². The van der Waals surface area contributed by atoms with Crippen LogP contribution in [-0.2, 0) is 6.54 Å². The normalized spacial score (nSPS) is 16.6. The number of nitrogens with zero attached hydrogens (tertiary/aromatic N) is 2. The van der Waals surface area contributed by atoms with Crippen molar-refractivity contribution in [3.05, 3.63) is 17.5 Å². The SMILES string of the molecule is Cc1[nH]ncc1CNC(=O)N1CCCCCC1. The molecule has 2 rings (SSSR count). The molecule has 1 aliphatic rings. The van der Waals surface area contributed by atoms with Gasteiger partial charge in [0.25, 0.3) is 0 Å². The molecule has 2 amide bonds. The van der Waals surface area contributed by atoms with Gasteiger partial charge in [-0.3, -0.25) is 5.10 Å². The molecule has 2 N–H and O–H groups in total. The lowest BCUT2D eigenvalue weighted by Gasteiger charge is -2.20. The van der Waals surface area contributed by atoms with Gasteiger partial charge in [-0.15, -0.1) is 0 Å². The Labute approximate surface area is 102 Å². The van der Waals surface area contributed by atoms with E-state index in [0.717, 1.165) is 37.2 Å². The molecule has 1 saturated heterocycles. The number of carbonyl (C=O) groups excluding carboxylic acids is 1. The summed E-state index contributed by atoms with van der Waals surface area (Å²) in [4.78, 5) is 13.9. The molecule has 0 aromatic carbocycles. The Bertz CT molecular complexity index is 366. The number of hydrogen-bond acceptors (Lipinski definition) is 2. The minimum Gasteiger partial charge on any atom is -0.334 e. The molecule has 0 radical (unpaired) electrons.